The van der Waals surface area contributed by atoms with E-state index in [0.29, 0.717) is 17.9 Å². The minimum absolute atomic E-state index is 0.148. The van der Waals surface area contributed by atoms with E-state index in [4.69, 9.17) is 4.74 Å². The molecule has 0 fully saturated rings. The Morgan fingerprint density at radius 1 is 1.26 bits per heavy atom. The summed E-state index contributed by atoms with van der Waals surface area (Å²) in [6.45, 7) is 11.3. The standard InChI is InChI=1S/C16H14N2O3.C2H6/c1-3-13-9-14(10-15(18(19)20)16(13)17-2)21-11-12-7-5-4-6-8-12;1-2/h3-10H,1-2,11H2;1-2H3. The fraction of sp³-hybridized carbons (Fsp3) is 0.167. The van der Waals surface area contributed by atoms with Gasteiger partial charge in [-0.2, -0.15) is 0 Å². The van der Waals surface area contributed by atoms with Crippen molar-refractivity contribution in [3.63, 3.8) is 0 Å². The number of aliphatic imine (C=N–C) groups is 1. The van der Waals surface area contributed by atoms with Gasteiger partial charge in [0.15, 0.2) is 0 Å². The van der Waals surface area contributed by atoms with E-state index >= 15 is 0 Å². The van der Waals surface area contributed by atoms with Crippen LogP contribution in [0.3, 0.4) is 0 Å². The molecule has 0 spiro atoms. The van der Waals surface area contributed by atoms with E-state index in [1.807, 2.05) is 44.2 Å². The molecule has 0 aromatic heterocycles. The maximum absolute atomic E-state index is 11.1. The first-order valence-electron chi connectivity index (χ1n) is 7.24. The molecule has 0 amide bonds. The molecule has 5 heteroatoms. The molecule has 2 aromatic rings. The zero-order valence-corrected chi connectivity index (χ0v) is 13.4. The molecule has 0 aliphatic rings. The maximum atomic E-state index is 11.1. The number of hydrogen-bond acceptors (Lipinski definition) is 4. The second kappa shape index (κ2) is 9.15. The van der Waals surface area contributed by atoms with E-state index < -0.39 is 4.92 Å². The predicted octanol–water partition coefficient (Wildman–Crippen LogP) is 5.18. The van der Waals surface area contributed by atoms with Gasteiger partial charge in [-0.1, -0.05) is 56.8 Å². The summed E-state index contributed by atoms with van der Waals surface area (Å²) in [5.74, 6) is 0.396. The lowest BCUT2D eigenvalue weighted by atomic mass is 10.1. The number of benzene rings is 2. The van der Waals surface area contributed by atoms with E-state index in [-0.39, 0.29) is 11.4 Å². The molecule has 0 aliphatic heterocycles. The summed E-state index contributed by atoms with van der Waals surface area (Å²) in [7, 11) is 0. The lowest BCUT2D eigenvalue weighted by Crippen LogP contribution is -1.97. The van der Waals surface area contributed by atoms with Crippen LogP contribution < -0.4 is 4.74 Å². The Hall–Kier alpha value is -2.95. The van der Waals surface area contributed by atoms with E-state index in [9.17, 15) is 10.1 Å². The highest BCUT2D eigenvalue weighted by Crippen LogP contribution is 2.36. The summed E-state index contributed by atoms with van der Waals surface area (Å²) < 4.78 is 5.61. The van der Waals surface area contributed by atoms with Gasteiger partial charge in [0.25, 0.3) is 5.69 Å². The zero-order valence-electron chi connectivity index (χ0n) is 13.4. The fourth-order valence-corrected chi connectivity index (χ4v) is 1.91. The predicted molar refractivity (Wildman–Crippen MR) is 94.5 cm³/mol. The summed E-state index contributed by atoms with van der Waals surface area (Å²) in [4.78, 5) is 14.3. The van der Waals surface area contributed by atoms with Crippen molar-refractivity contribution in [2.75, 3.05) is 0 Å². The molecular weight excluding hydrogens is 292 g/mol. The van der Waals surface area contributed by atoms with Crippen molar-refractivity contribution in [3.8, 4) is 5.75 Å². The Balaban J connectivity index is 0.00000127. The Morgan fingerprint density at radius 3 is 2.43 bits per heavy atom. The first-order valence-corrected chi connectivity index (χ1v) is 7.24. The van der Waals surface area contributed by atoms with E-state index in [2.05, 4.69) is 18.3 Å². The molecule has 0 unspecified atom stereocenters. The lowest BCUT2D eigenvalue weighted by molar-refractivity contribution is -0.384. The average molecular weight is 312 g/mol. The first kappa shape index (κ1) is 18.1. The molecule has 2 rings (SSSR count). The number of ether oxygens (including phenoxy) is 1. The van der Waals surface area contributed by atoms with Crippen molar-refractivity contribution in [1.82, 2.24) is 0 Å². The van der Waals surface area contributed by atoms with Gasteiger partial charge in [-0.15, -0.1) is 0 Å². The molecule has 0 saturated heterocycles. The number of hydrogen-bond donors (Lipinski definition) is 0. The Kier molecular flexibility index (Phi) is 7.20. The molecule has 0 aliphatic carbocycles. The van der Waals surface area contributed by atoms with E-state index in [1.165, 1.54) is 12.1 Å². The number of rotatable bonds is 6. The van der Waals surface area contributed by atoms with Crippen molar-refractivity contribution < 1.29 is 9.66 Å². The average Bonchev–Trinajstić information content (AvgIpc) is 2.61. The van der Waals surface area contributed by atoms with Crippen LogP contribution in [0.1, 0.15) is 25.0 Å². The molecule has 0 atom stereocenters. The molecule has 5 nitrogen and oxygen atoms in total. The van der Waals surface area contributed by atoms with Gasteiger partial charge in [0, 0.05) is 5.56 Å². The molecule has 2 aromatic carbocycles. The van der Waals surface area contributed by atoms with Crippen molar-refractivity contribution in [1.29, 1.82) is 0 Å². The van der Waals surface area contributed by atoms with Crippen LogP contribution in [0.5, 0.6) is 5.75 Å². The quantitative estimate of drug-likeness (QED) is 0.419. The van der Waals surface area contributed by atoms with Crippen molar-refractivity contribution in [2.45, 2.75) is 20.5 Å². The maximum Gasteiger partial charge on any atom is 0.299 e. The second-order valence-corrected chi connectivity index (χ2v) is 4.27. The highest BCUT2D eigenvalue weighted by Gasteiger charge is 2.18. The molecule has 120 valence electrons. The van der Waals surface area contributed by atoms with Crippen LogP contribution in [0, 0.1) is 10.1 Å². The molecule has 0 N–H and O–H groups in total. The Bertz CT molecular complexity index is 682. The van der Waals surface area contributed by atoms with Crippen LogP contribution in [-0.4, -0.2) is 11.6 Å². The van der Waals surface area contributed by atoms with Gasteiger partial charge >= 0.3 is 0 Å². The van der Waals surface area contributed by atoms with Gasteiger partial charge in [0.2, 0.25) is 0 Å². The van der Waals surface area contributed by atoms with Gasteiger partial charge in [0.1, 0.15) is 18.0 Å². The molecule has 0 heterocycles. The lowest BCUT2D eigenvalue weighted by Gasteiger charge is -2.09. The van der Waals surface area contributed by atoms with Crippen LogP contribution in [0.15, 0.2) is 54.0 Å². The molecule has 0 radical (unpaired) electrons. The Morgan fingerprint density at radius 2 is 1.91 bits per heavy atom. The smallest absolute Gasteiger partial charge is 0.299 e. The minimum Gasteiger partial charge on any atom is -0.489 e. The van der Waals surface area contributed by atoms with Gasteiger partial charge in [-0.05, 0) is 18.3 Å². The monoisotopic (exact) mass is 312 g/mol. The van der Waals surface area contributed by atoms with Crippen molar-refractivity contribution >= 4 is 24.2 Å². The van der Waals surface area contributed by atoms with Crippen LogP contribution in [0.25, 0.3) is 6.08 Å². The first-order chi connectivity index (χ1) is 11.2. The number of nitro benzene ring substituents is 1. The van der Waals surface area contributed by atoms with Crippen LogP contribution in [0.2, 0.25) is 0 Å². The third kappa shape index (κ3) is 4.78. The van der Waals surface area contributed by atoms with Gasteiger partial charge in [-0.25, -0.2) is 0 Å². The molecular formula is C18H20N2O3. The highest BCUT2D eigenvalue weighted by molar-refractivity contribution is 5.75. The Labute approximate surface area is 136 Å². The van der Waals surface area contributed by atoms with Crippen molar-refractivity contribution in [2.24, 2.45) is 4.99 Å². The van der Waals surface area contributed by atoms with Crippen LogP contribution >= 0.6 is 0 Å². The minimum atomic E-state index is -0.508. The van der Waals surface area contributed by atoms with E-state index in [1.54, 1.807) is 6.07 Å². The number of nitrogens with zero attached hydrogens (tertiary/aromatic N) is 2. The normalized spacial score (nSPS) is 9.30. The van der Waals surface area contributed by atoms with Gasteiger partial charge in [0.05, 0.1) is 11.0 Å². The second-order valence-electron chi connectivity index (χ2n) is 4.27. The third-order valence-corrected chi connectivity index (χ3v) is 2.92. The summed E-state index contributed by atoms with van der Waals surface area (Å²) in [6.07, 6.45) is 1.49. The summed E-state index contributed by atoms with van der Waals surface area (Å²) in [6, 6.07) is 12.6. The summed E-state index contributed by atoms with van der Waals surface area (Å²) >= 11 is 0. The summed E-state index contributed by atoms with van der Waals surface area (Å²) in [5, 5.41) is 11.1. The topological polar surface area (TPSA) is 64.7 Å². The molecule has 0 bridgehead atoms. The van der Waals surface area contributed by atoms with Gasteiger partial charge < -0.3 is 4.74 Å². The fourth-order valence-electron chi connectivity index (χ4n) is 1.91. The van der Waals surface area contributed by atoms with E-state index in [0.717, 1.165) is 5.56 Å². The van der Waals surface area contributed by atoms with Crippen LogP contribution in [-0.2, 0) is 6.61 Å². The third-order valence-electron chi connectivity index (χ3n) is 2.92. The largest absolute Gasteiger partial charge is 0.489 e. The number of nitro groups is 1. The molecule has 0 saturated carbocycles. The summed E-state index contributed by atoms with van der Waals surface area (Å²) in [5.41, 5.74) is 1.54. The van der Waals surface area contributed by atoms with Gasteiger partial charge in [-0.3, -0.25) is 15.1 Å². The van der Waals surface area contributed by atoms with Crippen molar-refractivity contribution in [3.05, 3.63) is 70.3 Å². The highest BCUT2D eigenvalue weighted by atomic mass is 16.6. The van der Waals surface area contributed by atoms with Crippen LogP contribution in [0.4, 0.5) is 11.4 Å². The zero-order chi connectivity index (χ0) is 17.2. The SMILES string of the molecule is C=Cc1cc(OCc2ccccc2)cc([N+](=O)[O-])c1N=C.CC. The molecule has 23 heavy (non-hydrogen) atoms.